The molecule has 0 atom stereocenters. The fourth-order valence-electron chi connectivity index (χ4n) is 0.218. The second-order valence-corrected chi connectivity index (χ2v) is 2.46. The van der Waals surface area contributed by atoms with E-state index in [0.717, 1.165) is 12.8 Å². The molecule has 0 N–H and O–H groups in total. The number of alkyl halides is 2. The van der Waals surface area contributed by atoms with Gasteiger partial charge in [0.05, 0.1) is 0 Å². The summed E-state index contributed by atoms with van der Waals surface area (Å²) in [4.78, 5) is -0.157. The Balaban J connectivity index is 2.63. The van der Waals surface area contributed by atoms with Crippen molar-refractivity contribution in [2.75, 3.05) is 0 Å². The van der Waals surface area contributed by atoms with Crippen molar-refractivity contribution >= 4 is 23.2 Å². The van der Waals surface area contributed by atoms with Crippen molar-refractivity contribution < 1.29 is 0 Å². The van der Waals surface area contributed by atoms with E-state index < -0.39 is 0 Å². The van der Waals surface area contributed by atoms with Crippen molar-refractivity contribution in [3.63, 3.8) is 0 Å². The predicted molar refractivity (Wildman–Crippen MR) is 30.4 cm³/mol. The molecule has 0 aromatic rings. The molecule has 0 nitrogen and oxygen atoms in total. The van der Waals surface area contributed by atoms with Crippen molar-refractivity contribution in [3.8, 4) is 0 Å². The third kappa shape index (κ3) is 4.58. The summed E-state index contributed by atoms with van der Waals surface area (Å²) < 4.78 is 0. The van der Waals surface area contributed by atoms with E-state index in [1.165, 1.54) is 0 Å². The third-order valence-corrected chi connectivity index (χ3v) is 0.943. The van der Waals surface area contributed by atoms with Gasteiger partial charge in [-0.1, -0.05) is 13.3 Å². The minimum atomic E-state index is -0.157. The van der Waals surface area contributed by atoms with E-state index in [-0.39, 0.29) is 4.84 Å². The highest BCUT2D eigenvalue weighted by molar-refractivity contribution is 6.44. The van der Waals surface area contributed by atoms with Crippen LogP contribution in [0.3, 0.4) is 0 Å². The van der Waals surface area contributed by atoms with E-state index in [0.29, 0.717) is 0 Å². The molecule has 0 saturated heterocycles. The van der Waals surface area contributed by atoms with Gasteiger partial charge in [0.2, 0.25) is 0 Å². The SMILES string of the molecule is CCCC(Cl)Cl. The summed E-state index contributed by atoms with van der Waals surface area (Å²) in [6.45, 7) is 2.05. The van der Waals surface area contributed by atoms with Crippen LogP contribution < -0.4 is 0 Å². The van der Waals surface area contributed by atoms with Gasteiger partial charge in [-0.3, -0.25) is 0 Å². The van der Waals surface area contributed by atoms with E-state index in [4.69, 9.17) is 23.2 Å². The van der Waals surface area contributed by atoms with Gasteiger partial charge < -0.3 is 0 Å². The Kier molecular flexibility index (Phi) is 4.12. The Hall–Kier alpha value is 0.580. The molecule has 0 aromatic carbocycles. The molecular formula is C4H8Cl2. The molecule has 38 valence electrons. The first-order valence-electron chi connectivity index (χ1n) is 2.05. The summed E-state index contributed by atoms with van der Waals surface area (Å²) in [5, 5.41) is 0. The molecular weight excluding hydrogens is 119 g/mol. The van der Waals surface area contributed by atoms with Gasteiger partial charge in [-0.2, -0.15) is 0 Å². The molecule has 0 aliphatic carbocycles. The van der Waals surface area contributed by atoms with Gasteiger partial charge in [0, 0.05) is 0 Å². The van der Waals surface area contributed by atoms with Crippen LogP contribution in [0, 0.1) is 0 Å². The van der Waals surface area contributed by atoms with Gasteiger partial charge >= 0.3 is 0 Å². The molecule has 0 bridgehead atoms. The minimum Gasteiger partial charge on any atom is -0.105 e. The van der Waals surface area contributed by atoms with Gasteiger partial charge in [0.25, 0.3) is 0 Å². The predicted octanol–water partition coefficient (Wildman–Crippen LogP) is 2.59. The zero-order valence-electron chi connectivity index (χ0n) is 3.75. The van der Waals surface area contributed by atoms with Crippen LogP contribution in [0.1, 0.15) is 19.8 Å². The Labute approximate surface area is 48.4 Å². The Morgan fingerprint density at radius 3 is 2.00 bits per heavy atom. The summed E-state index contributed by atoms with van der Waals surface area (Å²) in [6, 6.07) is 0. The van der Waals surface area contributed by atoms with E-state index >= 15 is 0 Å². The lowest BCUT2D eigenvalue weighted by atomic mass is 10.4. The highest BCUT2D eigenvalue weighted by atomic mass is 35.5. The molecule has 0 heterocycles. The van der Waals surface area contributed by atoms with Crippen LogP contribution in [0.4, 0.5) is 0 Å². The van der Waals surface area contributed by atoms with Gasteiger partial charge in [-0.15, -0.1) is 23.2 Å². The van der Waals surface area contributed by atoms with Crippen LogP contribution in [-0.4, -0.2) is 4.84 Å². The molecule has 0 spiro atoms. The van der Waals surface area contributed by atoms with Gasteiger partial charge in [0.15, 0.2) is 0 Å². The van der Waals surface area contributed by atoms with Crippen LogP contribution in [0.15, 0.2) is 0 Å². The Morgan fingerprint density at radius 2 is 2.00 bits per heavy atom. The largest absolute Gasteiger partial charge is 0.107 e. The number of hydrogen-bond donors (Lipinski definition) is 0. The first-order valence-corrected chi connectivity index (χ1v) is 2.92. The summed E-state index contributed by atoms with van der Waals surface area (Å²) in [5.74, 6) is 0. The summed E-state index contributed by atoms with van der Waals surface area (Å²) in [7, 11) is 0. The molecule has 2 heteroatoms. The fourth-order valence-corrected chi connectivity index (χ4v) is 0.655. The number of hydrogen-bond acceptors (Lipinski definition) is 0. The number of halogens is 2. The molecule has 0 saturated carbocycles. The smallest absolute Gasteiger partial charge is 0.105 e. The van der Waals surface area contributed by atoms with Crippen LogP contribution in [-0.2, 0) is 0 Å². The van der Waals surface area contributed by atoms with Gasteiger partial charge in [-0.25, -0.2) is 0 Å². The van der Waals surface area contributed by atoms with Crippen LogP contribution in [0.25, 0.3) is 0 Å². The first-order chi connectivity index (χ1) is 2.77. The zero-order chi connectivity index (χ0) is 4.99. The highest BCUT2D eigenvalue weighted by Crippen LogP contribution is 2.07. The molecule has 0 rings (SSSR count). The van der Waals surface area contributed by atoms with Crippen LogP contribution >= 0.6 is 23.2 Å². The standard InChI is InChI=1S/C4H8Cl2/c1-2-3-4(5)6/h4H,2-3H2,1H3. The van der Waals surface area contributed by atoms with E-state index in [1.807, 2.05) is 0 Å². The minimum absolute atomic E-state index is 0.157. The van der Waals surface area contributed by atoms with E-state index in [2.05, 4.69) is 6.92 Å². The quantitative estimate of drug-likeness (QED) is 0.500. The molecule has 0 amide bonds. The van der Waals surface area contributed by atoms with Crippen molar-refractivity contribution in [1.82, 2.24) is 0 Å². The third-order valence-electron chi connectivity index (χ3n) is 0.507. The van der Waals surface area contributed by atoms with Gasteiger partial charge in [0.1, 0.15) is 4.84 Å². The van der Waals surface area contributed by atoms with E-state index in [9.17, 15) is 0 Å². The normalized spacial score (nSPS) is 10.0. The maximum absolute atomic E-state index is 5.34. The lowest BCUT2D eigenvalue weighted by Gasteiger charge is -1.90. The zero-order valence-corrected chi connectivity index (χ0v) is 5.26. The fraction of sp³-hybridized carbons (Fsp3) is 1.00. The second-order valence-electron chi connectivity index (χ2n) is 1.18. The van der Waals surface area contributed by atoms with Crippen molar-refractivity contribution in [1.29, 1.82) is 0 Å². The van der Waals surface area contributed by atoms with E-state index in [1.54, 1.807) is 0 Å². The second kappa shape index (κ2) is 3.76. The summed E-state index contributed by atoms with van der Waals surface area (Å²) in [6.07, 6.45) is 1.97. The monoisotopic (exact) mass is 126 g/mol. The molecule has 0 fully saturated rings. The molecule has 0 unspecified atom stereocenters. The highest BCUT2D eigenvalue weighted by Gasteiger charge is 1.91. The molecule has 0 aromatic heterocycles. The van der Waals surface area contributed by atoms with Crippen LogP contribution in [0.2, 0.25) is 0 Å². The molecule has 6 heavy (non-hydrogen) atoms. The lowest BCUT2D eigenvalue weighted by molar-refractivity contribution is 0.859. The van der Waals surface area contributed by atoms with Crippen molar-refractivity contribution in [3.05, 3.63) is 0 Å². The van der Waals surface area contributed by atoms with Crippen LogP contribution in [0.5, 0.6) is 0 Å². The maximum Gasteiger partial charge on any atom is 0.107 e. The molecule has 0 aliphatic rings. The Bertz CT molecular complexity index is 26.7. The van der Waals surface area contributed by atoms with Crippen molar-refractivity contribution in [2.45, 2.75) is 24.6 Å². The van der Waals surface area contributed by atoms with Crippen molar-refractivity contribution in [2.24, 2.45) is 0 Å². The maximum atomic E-state index is 5.34. The summed E-state index contributed by atoms with van der Waals surface area (Å²) in [5.41, 5.74) is 0. The average molecular weight is 127 g/mol. The van der Waals surface area contributed by atoms with Gasteiger partial charge in [-0.05, 0) is 6.42 Å². The first kappa shape index (κ1) is 6.58. The Morgan fingerprint density at radius 1 is 1.50 bits per heavy atom. The topological polar surface area (TPSA) is 0 Å². The molecule has 0 aliphatic heterocycles. The number of rotatable bonds is 2. The average Bonchev–Trinajstić information content (AvgIpc) is 1.35. The molecule has 0 radical (unpaired) electrons. The lowest BCUT2D eigenvalue weighted by Crippen LogP contribution is -1.80. The summed E-state index contributed by atoms with van der Waals surface area (Å²) >= 11 is 10.7.